The number of esters is 1. The predicted octanol–water partition coefficient (Wildman–Crippen LogP) is 15.9. The lowest BCUT2D eigenvalue weighted by Crippen LogP contribution is -2.09. The van der Waals surface area contributed by atoms with Crippen molar-refractivity contribution in [3.8, 4) is 28.7 Å². The van der Waals surface area contributed by atoms with Crippen LogP contribution in [0.2, 0.25) is 0 Å². The third-order valence-corrected chi connectivity index (χ3v) is 11.4. The number of hydrogen-bond acceptors (Lipinski definition) is 7. The van der Waals surface area contributed by atoms with E-state index in [4.69, 9.17) is 28.4 Å². The summed E-state index contributed by atoms with van der Waals surface area (Å²) in [6.45, 7) is 11.1. The van der Waals surface area contributed by atoms with Crippen molar-refractivity contribution in [2.45, 2.75) is 182 Å². The standard InChI is InChI=1S/C56H80O7/c1-5-8-10-12-14-16-18-20-22-24-39-58-51-34-30-48(31-35-51)43-61-53-41-50(56(57)60-38-7-3)42-54(55(53)63-45-47-28-26-46(4)27-29-47)62-44-49-32-36-52(37-33-49)59-40-25-23-21-19-17-15-13-11-9-6-2/h26-37,41-42H,5-25,38-40,43-45H2,1-4H3. The number of unbranched alkanes of at least 4 members (excludes halogenated alkanes) is 18. The zero-order chi connectivity index (χ0) is 44.6. The number of hydrogen-bond donors (Lipinski definition) is 0. The van der Waals surface area contributed by atoms with Gasteiger partial charge in [-0.3, -0.25) is 0 Å². The molecule has 0 N–H and O–H groups in total. The summed E-state index contributed by atoms with van der Waals surface area (Å²) in [7, 11) is 0. The van der Waals surface area contributed by atoms with E-state index in [1.54, 1.807) is 12.1 Å². The zero-order valence-corrected chi connectivity index (χ0v) is 39.5. The number of ether oxygens (including phenoxy) is 6. The fourth-order valence-corrected chi connectivity index (χ4v) is 7.41. The highest BCUT2D eigenvalue weighted by molar-refractivity contribution is 5.91. The SMILES string of the molecule is CCCCCCCCCCCCOc1ccc(COc2cc(C(=O)OCCC)cc(OCc3ccc(OCCCCCCCCCCCC)cc3)c2OCc2ccc(C)cc2)cc1. The fourth-order valence-electron chi connectivity index (χ4n) is 7.41. The number of carbonyl (C=O) groups excluding carboxylic acids is 1. The molecule has 0 aliphatic rings. The quantitative estimate of drug-likeness (QED) is 0.0333. The third-order valence-electron chi connectivity index (χ3n) is 11.4. The molecule has 0 atom stereocenters. The van der Waals surface area contributed by atoms with Crippen molar-refractivity contribution in [2.75, 3.05) is 19.8 Å². The van der Waals surface area contributed by atoms with E-state index in [-0.39, 0.29) is 13.2 Å². The molecule has 63 heavy (non-hydrogen) atoms. The van der Waals surface area contributed by atoms with Gasteiger partial charge in [0.15, 0.2) is 11.5 Å². The Kier molecular flexibility index (Phi) is 26.0. The second-order valence-electron chi connectivity index (χ2n) is 17.1. The Morgan fingerprint density at radius 1 is 0.397 bits per heavy atom. The highest BCUT2D eigenvalue weighted by Gasteiger charge is 2.21. The first-order chi connectivity index (χ1) is 31.0. The Morgan fingerprint density at radius 3 is 1.16 bits per heavy atom. The van der Waals surface area contributed by atoms with Gasteiger partial charge in [-0.15, -0.1) is 0 Å². The van der Waals surface area contributed by atoms with E-state index < -0.39 is 5.97 Å². The summed E-state index contributed by atoms with van der Waals surface area (Å²) >= 11 is 0. The fraction of sp³-hybridized carbons (Fsp3) is 0.554. The van der Waals surface area contributed by atoms with E-state index in [0.29, 0.717) is 42.4 Å². The molecule has 0 saturated carbocycles. The predicted molar refractivity (Wildman–Crippen MR) is 259 cm³/mol. The van der Waals surface area contributed by atoms with Crippen molar-refractivity contribution < 1.29 is 33.2 Å². The Morgan fingerprint density at radius 2 is 0.762 bits per heavy atom. The minimum atomic E-state index is -0.440. The molecule has 4 aromatic carbocycles. The maximum atomic E-state index is 13.3. The first kappa shape index (κ1) is 51.0. The van der Waals surface area contributed by atoms with E-state index in [9.17, 15) is 4.79 Å². The normalized spacial score (nSPS) is 11.0. The molecule has 0 aliphatic carbocycles. The average Bonchev–Trinajstić information content (AvgIpc) is 3.31. The molecule has 4 aromatic rings. The van der Waals surface area contributed by atoms with Crippen LogP contribution in [0.5, 0.6) is 28.7 Å². The van der Waals surface area contributed by atoms with Crippen LogP contribution in [0.1, 0.15) is 188 Å². The van der Waals surface area contributed by atoms with Crippen molar-refractivity contribution in [1.82, 2.24) is 0 Å². The molecule has 0 spiro atoms. The monoisotopic (exact) mass is 865 g/mol. The van der Waals surface area contributed by atoms with Crippen LogP contribution in [-0.2, 0) is 24.6 Å². The largest absolute Gasteiger partial charge is 0.494 e. The van der Waals surface area contributed by atoms with Gasteiger partial charge >= 0.3 is 5.97 Å². The summed E-state index contributed by atoms with van der Waals surface area (Å²) in [6, 6.07) is 27.6. The number of benzene rings is 4. The van der Waals surface area contributed by atoms with Crippen LogP contribution in [0.15, 0.2) is 84.9 Å². The molecule has 0 saturated heterocycles. The van der Waals surface area contributed by atoms with E-state index in [1.807, 2.05) is 67.6 Å². The molecule has 7 nitrogen and oxygen atoms in total. The van der Waals surface area contributed by atoms with Crippen molar-refractivity contribution in [2.24, 2.45) is 0 Å². The minimum Gasteiger partial charge on any atom is -0.494 e. The van der Waals surface area contributed by atoms with Gasteiger partial charge in [0.05, 0.1) is 25.4 Å². The lowest BCUT2D eigenvalue weighted by molar-refractivity contribution is 0.0503. The van der Waals surface area contributed by atoms with Gasteiger partial charge in [0.2, 0.25) is 5.75 Å². The Hall–Kier alpha value is -4.65. The van der Waals surface area contributed by atoms with Gasteiger partial charge in [0.1, 0.15) is 31.3 Å². The zero-order valence-electron chi connectivity index (χ0n) is 39.5. The molecule has 0 aromatic heterocycles. The molecule has 0 amide bonds. The summed E-state index contributed by atoms with van der Waals surface area (Å²) in [5.41, 5.74) is 4.44. The van der Waals surface area contributed by atoms with Gasteiger partial charge in [-0.2, -0.15) is 0 Å². The molecule has 0 aliphatic heterocycles. The Balaban J connectivity index is 1.36. The highest BCUT2D eigenvalue weighted by Crippen LogP contribution is 2.41. The summed E-state index contributed by atoms with van der Waals surface area (Å²) in [6.07, 6.45) is 26.7. The topological polar surface area (TPSA) is 72.5 Å². The summed E-state index contributed by atoms with van der Waals surface area (Å²) < 4.78 is 37.1. The van der Waals surface area contributed by atoms with Crippen molar-refractivity contribution in [1.29, 1.82) is 0 Å². The summed E-state index contributed by atoms with van der Waals surface area (Å²) in [5, 5.41) is 0. The molecule has 7 heteroatoms. The van der Waals surface area contributed by atoms with Crippen molar-refractivity contribution >= 4 is 5.97 Å². The Bertz CT molecular complexity index is 1670. The number of carbonyl (C=O) groups is 1. The van der Waals surface area contributed by atoms with E-state index in [0.717, 1.165) is 54.2 Å². The molecular weight excluding hydrogens is 785 g/mol. The van der Waals surface area contributed by atoms with Crippen LogP contribution in [0.25, 0.3) is 0 Å². The lowest BCUT2D eigenvalue weighted by atomic mass is 10.1. The Labute approximate surface area is 381 Å². The van der Waals surface area contributed by atoms with Crippen LogP contribution in [0, 0.1) is 6.92 Å². The molecule has 4 rings (SSSR count). The van der Waals surface area contributed by atoms with Crippen molar-refractivity contribution in [3.05, 3.63) is 113 Å². The van der Waals surface area contributed by atoms with Crippen LogP contribution in [0.4, 0.5) is 0 Å². The lowest BCUT2D eigenvalue weighted by Gasteiger charge is -2.19. The molecule has 0 heterocycles. The summed E-state index contributed by atoms with van der Waals surface area (Å²) in [5.74, 6) is 2.49. The molecular formula is C56H80O7. The first-order valence-electron chi connectivity index (χ1n) is 24.7. The van der Waals surface area contributed by atoms with Gasteiger partial charge in [-0.05, 0) is 79.3 Å². The number of aryl methyl sites for hydroxylation is 1. The number of rotatable bonds is 36. The molecule has 0 unspecified atom stereocenters. The minimum absolute atomic E-state index is 0.257. The average molecular weight is 865 g/mol. The van der Waals surface area contributed by atoms with Crippen LogP contribution in [-0.4, -0.2) is 25.8 Å². The maximum absolute atomic E-state index is 13.3. The van der Waals surface area contributed by atoms with Gasteiger partial charge in [-0.1, -0.05) is 190 Å². The van der Waals surface area contributed by atoms with Gasteiger partial charge in [0.25, 0.3) is 0 Å². The van der Waals surface area contributed by atoms with Crippen LogP contribution >= 0.6 is 0 Å². The first-order valence-corrected chi connectivity index (χ1v) is 24.7. The van der Waals surface area contributed by atoms with Gasteiger partial charge < -0.3 is 28.4 Å². The maximum Gasteiger partial charge on any atom is 0.338 e. The van der Waals surface area contributed by atoms with E-state index in [1.165, 1.54) is 121 Å². The smallest absolute Gasteiger partial charge is 0.338 e. The van der Waals surface area contributed by atoms with Gasteiger partial charge in [0, 0.05) is 0 Å². The van der Waals surface area contributed by atoms with E-state index >= 15 is 0 Å². The van der Waals surface area contributed by atoms with Crippen LogP contribution < -0.4 is 23.7 Å². The second-order valence-corrected chi connectivity index (χ2v) is 17.1. The molecule has 346 valence electrons. The molecule has 0 fully saturated rings. The van der Waals surface area contributed by atoms with Crippen molar-refractivity contribution in [3.63, 3.8) is 0 Å². The third kappa shape index (κ3) is 21.5. The van der Waals surface area contributed by atoms with Crippen LogP contribution in [0.3, 0.4) is 0 Å². The van der Waals surface area contributed by atoms with Gasteiger partial charge in [-0.25, -0.2) is 4.79 Å². The second kappa shape index (κ2) is 32.1. The summed E-state index contributed by atoms with van der Waals surface area (Å²) in [4.78, 5) is 13.3. The molecule has 0 bridgehead atoms. The molecule has 0 radical (unpaired) electrons. The van der Waals surface area contributed by atoms with E-state index in [2.05, 4.69) is 32.9 Å². The highest BCUT2D eigenvalue weighted by atomic mass is 16.5.